The minimum absolute atomic E-state index is 0.0490. The maximum Gasteiger partial charge on any atom is 0.337 e. The van der Waals surface area contributed by atoms with Crippen LogP contribution in [0.25, 0.3) is 6.08 Å². The number of barbiturate groups is 1. The van der Waals surface area contributed by atoms with E-state index < -0.39 is 35.4 Å². The molecule has 3 aromatic carbocycles. The van der Waals surface area contributed by atoms with Gasteiger partial charge in [0.05, 0.1) is 24.3 Å². The quantitative estimate of drug-likeness (QED) is 0.296. The van der Waals surface area contributed by atoms with Crippen LogP contribution in [-0.4, -0.2) is 36.9 Å². The average Bonchev–Trinajstić information content (AvgIpc) is 2.90. The van der Waals surface area contributed by atoms with Crippen molar-refractivity contribution in [3.8, 4) is 5.75 Å². The molecule has 4 amide bonds. The Kier molecular flexibility index (Phi) is 7.10. The van der Waals surface area contributed by atoms with E-state index in [4.69, 9.17) is 4.74 Å². The van der Waals surface area contributed by atoms with Crippen molar-refractivity contribution in [2.45, 2.75) is 6.61 Å². The first kappa shape index (κ1) is 24.9. The lowest BCUT2D eigenvalue weighted by Crippen LogP contribution is -2.54. The zero-order valence-electron chi connectivity index (χ0n) is 19.4. The number of benzene rings is 3. The molecule has 37 heavy (non-hydrogen) atoms. The number of carbonyl (C=O) groups excluding carboxylic acids is 5. The molecular formula is C27H19N2O8-. The van der Waals surface area contributed by atoms with Crippen LogP contribution < -0.4 is 20.1 Å². The summed E-state index contributed by atoms with van der Waals surface area (Å²) in [5.41, 5.74) is 0.645. The van der Waals surface area contributed by atoms with E-state index in [0.717, 1.165) is 16.5 Å². The second-order valence-corrected chi connectivity index (χ2v) is 7.81. The van der Waals surface area contributed by atoms with Crippen LogP contribution in [0.15, 0.2) is 78.4 Å². The highest BCUT2D eigenvalue weighted by atomic mass is 16.5. The molecule has 0 spiro atoms. The van der Waals surface area contributed by atoms with Crippen molar-refractivity contribution in [1.29, 1.82) is 0 Å². The molecule has 0 atom stereocenters. The number of anilines is 1. The molecule has 0 unspecified atom stereocenters. The Morgan fingerprint density at radius 3 is 2.32 bits per heavy atom. The average molecular weight is 499 g/mol. The van der Waals surface area contributed by atoms with Crippen LogP contribution in [0.1, 0.15) is 31.8 Å². The molecule has 1 N–H and O–H groups in total. The Labute approximate surface area is 210 Å². The second kappa shape index (κ2) is 10.6. The SMILES string of the molecule is COC(=O)c1ccc(N2C(=O)NC(=O)/C(=C\c3ccc(OCc4ccccc4)c(C(=O)[O-])c3)C2=O)cc1. The second-order valence-electron chi connectivity index (χ2n) is 7.81. The molecule has 0 radical (unpaired) electrons. The number of nitrogens with one attached hydrogen (secondary N) is 1. The Hall–Kier alpha value is -5.25. The zero-order valence-corrected chi connectivity index (χ0v) is 19.4. The molecular weight excluding hydrogens is 480 g/mol. The lowest BCUT2D eigenvalue weighted by atomic mass is 10.0. The fourth-order valence-electron chi connectivity index (χ4n) is 3.58. The highest BCUT2D eigenvalue weighted by Crippen LogP contribution is 2.25. The predicted octanol–water partition coefficient (Wildman–Crippen LogP) is 2.08. The standard InChI is InChI=1S/C27H20N2O8/c1-36-26(34)18-8-10-19(11-9-18)29-24(31)21(23(30)28-27(29)35)14-17-7-12-22(20(13-17)25(32)33)37-15-16-5-3-2-4-6-16/h2-14H,15H2,1H3,(H,32,33)(H,28,30,35)/p-1/b21-14+. The van der Waals surface area contributed by atoms with Crippen molar-refractivity contribution in [3.05, 3.63) is 101 Å². The number of esters is 1. The van der Waals surface area contributed by atoms with Gasteiger partial charge in [-0.05, 0) is 53.6 Å². The summed E-state index contributed by atoms with van der Waals surface area (Å²) < 4.78 is 10.2. The van der Waals surface area contributed by atoms with Gasteiger partial charge in [-0.25, -0.2) is 14.5 Å². The van der Waals surface area contributed by atoms with E-state index in [-0.39, 0.29) is 34.7 Å². The Balaban J connectivity index is 1.62. The smallest absolute Gasteiger partial charge is 0.337 e. The van der Waals surface area contributed by atoms with E-state index in [0.29, 0.717) is 0 Å². The molecule has 1 fully saturated rings. The molecule has 4 rings (SSSR count). The van der Waals surface area contributed by atoms with E-state index in [1.54, 1.807) is 0 Å². The van der Waals surface area contributed by atoms with Gasteiger partial charge in [0, 0.05) is 5.56 Å². The minimum Gasteiger partial charge on any atom is -0.545 e. The number of imide groups is 2. The van der Waals surface area contributed by atoms with Crippen molar-refractivity contribution in [3.63, 3.8) is 0 Å². The lowest BCUT2D eigenvalue weighted by molar-refractivity contribution is -0.255. The molecule has 1 heterocycles. The first-order valence-electron chi connectivity index (χ1n) is 10.9. The zero-order chi connectivity index (χ0) is 26.5. The number of carbonyl (C=O) groups is 5. The number of methoxy groups -OCH3 is 1. The number of aromatic carboxylic acids is 1. The topological polar surface area (TPSA) is 142 Å². The Morgan fingerprint density at radius 2 is 1.68 bits per heavy atom. The molecule has 1 saturated heterocycles. The maximum atomic E-state index is 13.1. The number of amides is 4. The van der Waals surface area contributed by atoms with Gasteiger partial charge in [0.1, 0.15) is 17.9 Å². The van der Waals surface area contributed by atoms with E-state index >= 15 is 0 Å². The first-order valence-corrected chi connectivity index (χ1v) is 10.9. The molecule has 0 aromatic heterocycles. The summed E-state index contributed by atoms with van der Waals surface area (Å²) in [6.07, 6.45) is 1.16. The molecule has 1 aliphatic rings. The van der Waals surface area contributed by atoms with Gasteiger partial charge in [-0.3, -0.25) is 14.9 Å². The van der Waals surface area contributed by atoms with E-state index in [9.17, 15) is 29.1 Å². The van der Waals surface area contributed by atoms with Crippen molar-refractivity contribution in [1.82, 2.24) is 5.32 Å². The van der Waals surface area contributed by atoms with Gasteiger partial charge in [-0.2, -0.15) is 0 Å². The van der Waals surface area contributed by atoms with E-state index in [1.807, 2.05) is 30.3 Å². The summed E-state index contributed by atoms with van der Waals surface area (Å²) in [4.78, 5) is 62.1. The molecule has 0 aliphatic carbocycles. The third-order valence-corrected chi connectivity index (χ3v) is 5.42. The lowest BCUT2D eigenvalue weighted by Gasteiger charge is -2.26. The van der Waals surface area contributed by atoms with Crippen molar-refractivity contribution in [2.75, 3.05) is 12.0 Å². The van der Waals surface area contributed by atoms with Gasteiger partial charge in [0.2, 0.25) is 0 Å². The predicted molar refractivity (Wildman–Crippen MR) is 128 cm³/mol. The fraction of sp³-hybridized carbons (Fsp3) is 0.0741. The minimum atomic E-state index is -1.51. The van der Waals surface area contributed by atoms with Crippen LogP contribution in [-0.2, 0) is 20.9 Å². The highest BCUT2D eigenvalue weighted by molar-refractivity contribution is 6.39. The summed E-state index contributed by atoms with van der Waals surface area (Å²) in [6, 6.07) is 17.6. The molecule has 10 nitrogen and oxygen atoms in total. The number of ether oxygens (including phenoxy) is 2. The number of carboxylic acids is 1. The third kappa shape index (κ3) is 5.38. The highest BCUT2D eigenvalue weighted by Gasteiger charge is 2.36. The first-order chi connectivity index (χ1) is 17.8. The van der Waals surface area contributed by atoms with E-state index in [1.165, 1.54) is 49.6 Å². The molecule has 0 bridgehead atoms. The molecule has 186 valence electrons. The van der Waals surface area contributed by atoms with Crippen molar-refractivity contribution >= 4 is 41.5 Å². The monoisotopic (exact) mass is 499 g/mol. The van der Waals surface area contributed by atoms with Crippen LogP contribution >= 0.6 is 0 Å². The van der Waals surface area contributed by atoms with E-state index in [2.05, 4.69) is 10.1 Å². The van der Waals surface area contributed by atoms with Crippen molar-refractivity contribution < 1.29 is 38.6 Å². The summed E-state index contributed by atoms with van der Waals surface area (Å²) in [5, 5.41) is 13.8. The summed E-state index contributed by atoms with van der Waals surface area (Å²) in [6.45, 7) is 0.119. The number of rotatable bonds is 7. The molecule has 10 heteroatoms. The van der Waals surface area contributed by atoms with Gasteiger partial charge in [0.25, 0.3) is 11.8 Å². The van der Waals surface area contributed by atoms with Gasteiger partial charge in [-0.1, -0.05) is 36.4 Å². The number of nitrogens with zero attached hydrogens (tertiary/aromatic N) is 1. The van der Waals surface area contributed by atoms with Crippen LogP contribution in [0.5, 0.6) is 5.75 Å². The van der Waals surface area contributed by atoms with Crippen LogP contribution in [0.3, 0.4) is 0 Å². The Morgan fingerprint density at radius 1 is 0.973 bits per heavy atom. The number of hydrogen-bond donors (Lipinski definition) is 1. The molecule has 0 saturated carbocycles. The van der Waals surface area contributed by atoms with Gasteiger partial charge < -0.3 is 19.4 Å². The number of hydrogen-bond acceptors (Lipinski definition) is 8. The number of carboxylic acid groups (broad SMARTS) is 1. The van der Waals surface area contributed by atoms with Crippen LogP contribution in [0.4, 0.5) is 10.5 Å². The largest absolute Gasteiger partial charge is 0.545 e. The summed E-state index contributed by atoms with van der Waals surface area (Å²) >= 11 is 0. The normalized spacial score (nSPS) is 14.4. The molecule has 1 aliphatic heterocycles. The summed E-state index contributed by atoms with van der Waals surface area (Å²) in [5.74, 6) is -3.94. The van der Waals surface area contributed by atoms with Crippen LogP contribution in [0, 0.1) is 0 Å². The van der Waals surface area contributed by atoms with Gasteiger partial charge in [0.15, 0.2) is 0 Å². The van der Waals surface area contributed by atoms with Gasteiger partial charge in [-0.15, -0.1) is 0 Å². The fourth-order valence-corrected chi connectivity index (χ4v) is 3.58. The Bertz CT molecular complexity index is 1430. The molecule has 3 aromatic rings. The van der Waals surface area contributed by atoms with Crippen LogP contribution in [0.2, 0.25) is 0 Å². The number of urea groups is 1. The van der Waals surface area contributed by atoms with Gasteiger partial charge >= 0.3 is 12.0 Å². The van der Waals surface area contributed by atoms with Crippen molar-refractivity contribution in [2.24, 2.45) is 0 Å². The summed E-state index contributed by atoms with van der Waals surface area (Å²) in [7, 11) is 1.22. The third-order valence-electron chi connectivity index (χ3n) is 5.42. The maximum absolute atomic E-state index is 13.1.